The first-order valence-electron chi connectivity index (χ1n) is 7.32. The Morgan fingerprint density at radius 1 is 1.05 bits per heavy atom. The Bertz CT molecular complexity index is 410. The maximum Gasteiger partial charge on any atom is 0.330 e. The van der Waals surface area contributed by atoms with Gasteiger partial charge in [-0.3, -0.25) is 0 Å². The van der Waals surface area contributed by atoms with E-state index in [1.807, 2.05) is 37.3 Å². The average molecular weight is 295 g/mol. The molecule has 0 radical (unpaired) electrons. The van der Waals surface area contributed by atoms with Gasteiger partial charge in [-0.05, 0) is 19.4 Å². The number of carbonyl (C=O) groups excluding carboxylic acids is 1. The van der Waals surface area contributed by atoms with Gasteiger partial charge < -0.3 is 19.9 Å². The van der Waals surface area contributed by atoms with Crippen molar-refractivity contribution in [3.63, 3.8) is 0 Å². The summed E-state index contributed by atoms with van der Waals surface area (Å²) in [5.74, 6) is -0.426. The summed E-state index contributed by atoms with van der Waals surface area (Å²) in [7, 11) is 0. The summed E-state index contributed by atoms with van der Waals surface area (Å²) in [4.78, 5) is 12.2. The zero-order valence-corrected chi connectivity index (χ0v) is 12.8. The fourth-order valence-electron chi connectivity index (χ4n) is 1.96. The molecule has 1 aromatic carbocycles. The Balaban J connectivity index is 2.63. The van der Waals surface area contributed by atoms with Crippen LogP contribution in [-0.4, -0.2) is 39.0 Å². The third kappa shape index (κ3) is 5.46. The molecule has 0 aliphatic heterocycles. The number of esters is 1. The van der Waals surface area contributed by atoms with Crippen LogP contribution in [0.2, 0.25) is 0 Å². The van der Waals surface area contributed by atoms with Gasteiger partial charge >= 0.3 is 5.97 Å². The monoisotopic (exact) mass is 295 g/mol. The zero-order chi connectivity index (χ0) is 15.6. The first-order chi connectivity index (χ1) is 10.1. The molecule has 118 valence electrons. The maximum atomic E-state index is 12.2. The molecule has 0 fully saturated rings. The summed E-state index contributed by atoms with van der Waals surface area (Å²) in [6.07, 6.45) is 0.363. The SMILES string of the molecule is CCOCCOCCC(N)(C(=O)OCC)c1ccccc1. The van der Waals surface area contributed by atoms with Crippen LogP contribution in [0.15, 0.2) is 30.3 Å². The van der Waals surface area contributed by atoms with E-state index in [-0.39, 0.29) is 0 Å². The molecule has 5 nitrogen and oxygen atoms in total. The summed E-state index contributed by atoms with van der Waals surface area (Å²) in [6.45, 7) is 6.06. The molecule has 0 bridgehead atoms. The third-order valence-corrected chi connectivity index (χ3v) is 3.15. The van der Waals surface area contributed by atoms with Gasteiger partial charge in [-0.25, -0.2) is 4.79 Å². The van der Waals surface area contributed by atoms with Crippen molar-refractivity contribution < 1.29 is 19.0 Å². The largest absolute Gasteiger partial charge is 0.464 e. The second kappa shape index (κ2) is 9.50. The minimum Gasteiger partial charge on any atom is -0.464 e. The molecule has 0 spiro atoms. The van der Waals surface area contributed by atoms with E-state index < -0.39 is 11.5 Å². The Morgan fingerprint density at radius 3 is 2.33 bits per heavy atom. The van der Waals surface area contributed by atoms with Crippen molar-refractivity contribution in [2.45, 2.75) is 25.8 Å². The van der Waals surface area contributed by atoms with Crippen LogP contribution < -0.4 is 5.73 Å². The second-order valence-corrected chi connectivity index (χ2v) is 4.62. The lowest BCUT2D eigenvalue weighted by atomic mass is 9.88. The topological polar surface area (TPSA) is 70.8 Å². The van der Waals surface area contributed by atoms with Crippen molar-refractivity contribution in [3.05, 3.63) is 35.9 Å². The molecular weight excluding hydrogens is 270 g/mol. The van der Waals surface area contributed by atoms with Crippen molar-refractivity contribution in [2.75, 3.05) is 33.0 Å². The van der Waals surface area contributed by atoms with E-state index in [2.05, 4.69) is 0 Å². The van der Waals surface area contributed by atoms with E-state index in [0.717, 1.165) is 5.56 Å². The van der Waals surface area contributed by atoms with Crippen LogP contribution >= 0.6 is 0 Å². The first-order valence-corrected chi connectivity index (χ1v) is 7.32. The van der Waals surface area contributed by atoms with Crippen LogP contribution in [-0.2, 0) is 24.5 Å². The average Bonchev–Trinajstić information content (AvgIpc) is 2.51. The molecule has 0 saturated heterocycles. The molecule has 2 N–H and O–H groups in total. The summed E-state index contributed by atoms with van der Waals surface area (Å²) in [6, 6.07) is 9.25. The van der Waals surface area contributed by atoms with E-state index in [0.29, 0.717) is 39.5 Å². The van der Waals surface area contributed by atoms with E-state index in [1.165, 1.54) is 0 Å². The van der Waals surface area contributed by atoms with Gasteiger partial charge in [0, 0.05) is 19.6 Å². The van der Waals surface area contributed by atoms with Crippen LogP contribution in [0.1, 0.15) is 25.8 Å². The molecule has 0 saturated carbocycles. The predicted octanol–water partition coefficient (Wildman–Crippen LogP) is 1.85. The van der Waals surface area contributed by atoms with Crippen molar-refractivity contribution in [2.24, 2.45) is 5.73 Å². The number of carbonyl (C=O) groups is 1. The van der Waals surface area contributed by atoms with Crippen LogP contribution in [0.25, 0.3) is 0 Å². The highest BCUT2D eigenvalue weighted by Gasteiger charge is 2.37. The first kappa shape index (κ1) is 17.6. The zero-order valence-electron chi connectivity index (χ0n) is 12.8. The van der Waals surface area contributed by atoms with E-state index >= 15 is 0 Å². The lowest BCUT2D eigenvalue weighted by molar-refractivity contribution is -0.151. The van der Waals surface area contributed by atoms with E-state index in [4.69, 9.17) is 19.9 Å². The molecule has 0 aromatic heterocycles. The van der Waals surface area contributed by atoms with Gasteiger partial charge in [-0.2, -0.15) is 0 Å². The quantitative estimate of drug-likeness (QED) is 0.527. The maximum absolute atomic E-state index is 12.2. The Kier molecular flexibility index (Phi) is 7.97. The van der Waals surface area contributed by atoms with Crippen molar-refractivity contribution in [3.8, 4) is 0 Å². The van der Waals surface area contributed by atoms with Gasteiger partial charge in [0.15, 0.2) is 0 Å². The highest BCUT2D eigenvalue weighted by Crippen LogP contribution is 2.24. The standard InChI is InChI=1S/C16H25NO4/c1-3-19-12-13-20-11-10-16(17,15(18)21-4-2)14-8-6-5-7-9-14/h5-9H,3-4,10-13,17H2,1-2H3. The van der Waals surface area contributed by atoms with Crippen molar-refractivity contribution >= 4 is 5.97 Å². The molecule has 1 rings (SSSR count). The van der Waals surface area contributed by atoms with E-state index in [9.17, 15) is 4.79 Å². The fourth-order valence-corrected chi connectivity index (χ4v) is 1.96. The molecule has 0 heterocycles. The molecule has 1 atom stereocenters. The molecule has 0 aliphatic carbocycles. The molecule has 21 heavy (non-hydrogen) atoms. The fraction of sp³-hybridized carbons (Fsp3) is 0.562. The van der Waals surface area contributed by atoms with Crippen molar-refractivity contribution in [1.29, 1.82) is 0 Å². The van der Waals surface area contributed by atoms with Gasteiger partial charge in [0.1, 0.15) is 5.54 Å². The van der Waals surface area contributed by atoms with Crippen LogP contribution in [0.5, 0.6) is 0 Å². The molecule has 1 unspecified atom stereocenters. The van der Waals surface area contributed by atoms with Crippen LogP contribution in [0.4, 0.5) is 0 Å². The number of hydrogen-bond donors (Lipinski definition) is 1. The minimum absolute atomic E-state index is 0.301. The third-order valence-electron chi connectivity index (χ3n) is 3.15. The molecule has 0 aliphatic rings. The summed E-state index contributed by atoms with van der Waals surface area (Å²) < 4.78 is 15.8. The number of benzene rings is 1. The number of rotatable bonds is 10. The second-order valence-electron chi connectivity index (χ2n) is 4.62. The molecular formula is C16H25NO4. The van der Waals surface area contributed by atoms with Crippen LogP contribution in [0, 0.1) is 0 Å². The van der Waals surface area contributed by atoms with Gasteiger partial charge in [-0.1, -0.05) is 30.3 Å². The number of hydrogen-bond acceptors (Lipinski definition) is 5. The van der Waals surface area contributed by atoms with Crippen LogP contribution in [0.3, 0.4) is 0 Å². The minimum atomic E-state index is -1.18. The van der Waals surface area contributed by atoms with Gasteiger partial charge in [0.2, 0.25) is 0 Å². The Morgan fingerprint density at radius 2 is 1.71 bits per heavy atom. The Labute approximate surface area is 126 Å². The predicted molar refractivity (Wildman–Crippen MR) is 80.9 cm³/mol. The molecule has 1 aromatic rings. The smallest absolute Gasteiger partial charge is 0.330 e. The summed E-state index contributed by atoms with van der Waals surface area (Å²) in [5, 5.41) is 0. The lowest BCUT2D eigenvalue weighted by Crippen LogP contribution is -2.47. The highest BCUT2D eigenvalue weighted by molar-refractivity contribution is 5.82. The van der Waals surface area contributed by atoms with Gasteiger partial charge in [-0.15, -0.1) is 0 Å². The highest BCUT2D eigenvalue weighted by atomic mass is 16.5. The normalized spacial score (nSPS) is 13.7. The Hall–Kier alpha value is -1.43. The summed E-state index contributed by atoms with van der Waals surface area (Å²) in [5.41, 5.74) is 5.86. The van der Waals surface area contributed by atoms with Gasteiger partial charge in [0.05, 0.1) is 19.8 Å². The number of nitrogens with two attached hydrogens (primary N) is 1. The molecule has 0 amide bonds. The molecule has 5 heteroatoms. The van der Waals surface area contributed by atoms with Crippen molar-refractivity contribution in [1.82, 2.24) is 0 Å². The van der Waals surface area contributed by atoms with E-state index in [1.54, 1.807) is 6.92 Å². The number of ether oxygens (including phenoxy) is 3. The summed E-state index contributed by atoms with van der Waals surface area (Å²) >= 11 is 0. The lowest BCUT2D eigenvalue weighted by Gasteiger charge is -2.27. The van der Waals surface area contributed by atoms with Gasteiger partial charge in [0.25, 0.3) is 0 Å².